The first-order chi connectivity index (χ1) is 15.8. The lowest BCUT2D eigenvalue weighted by Gasteiger charge is -2.15. The van der Waals surface area contributed by atoms with Crippen molar-refractivity contribution in [1.29, 1.82) is 0 Å². The summed E-state index contributed by atoms with van der Waals surface area (Å²) in [4.78, 5) is 0.0143. The molecule has 3 aromatic rings. The van der Waals surface area contributed by atoms with E-state index in [1.807, 2.05) is 0 Å². The van der Waals surface area contributed by atoms with Crippen molar-refractivity contribution in [3.63, 3.8) is 0 Å². The first-order valence-electron chi connectivity index (χ1n) is 9.80. The van der Waals surface area contributed by atoms with Crippen molar-refractivity contribution in [2.24, 2.45) is 0 Å². The molecule has 0 aliphatic heterocycles. The molecule has 0 spiro atoms. The fourth-order valence-electron chi connectivity index (χ4n) is 2.96. The van der Waals surface area contributed by atoms with Crippen LogP contribution in [0.2, 0.25) is 0 Å². The van der Waals surface area contributed by atoms with Crippen LogP contribution in [-0.4, -0.2) is 42.5 Å². The van der Waals surface area contributed by atoms with E-state index in [1.54, 1.807) is 31.4 Å². The van der Waals surface area contributed by atoms with Crippen molar-refractivity contribution in [3.05, 3.63) is 66.7 Å². The number of halogens is 2. The average molecular weight is 480 g/mol. The zero-order valence-electron chi connectivity index (χ0n) is 18.0. The Morgan fingerprint density at radius 3 is 2.15 bits per heavy atom. The van der Waals surface area contributed by atoms with Crippen molar-refractivity contribution in [2.45, 2.75) is 11.5 Å². The molecule has 0 saturated heterocycles. The number of alkyl halides is 2. The minimum Gasteiger partial charge on any atom is -0.497 e. The molecule has 0 atom stereocenters. The summed E-state index contributed by atoms with van der Waals surface area (Å²) in [5.41, 5.74) is 1.02. The summed E-state index contributed by atoms with van der Waals surface area (Å²) < 4.78 is 74.0. The summed E-state index contributed by atoms with van der Waals surface area (Å²) in [6.45, 7) is -2.29. The van der Waals surface area contributed by atoms with Crippen LogP contribution in [0.5, 0.6) is 17.2 Å². The van der Waals surface area contributed by atoms with Gasteiger partial charge < -0.3 is 18.9 Å². The van der Waals surface area contributed by atoms with E-state index in [0.717, 1.165) is 0 Å². The van der Waals surface area contributed by atoms with Gasteiger partial charge in [0.2, 0.25) is 0 Å². The van der Waals surface area contributed by atoms with Crippen LogP contribution in [0.15, 0.2) is 71.6 Å². The molecule has 3 aromatic carbocycles. The van der Waals surface area contributed by atoms with E-state index in [0.29, 0.717) is 35.8 Å². The predicted octanol–water partition coefficient (Wildman–Crippen LogP) is 4.79. The highest BCUT2D eigenvalue weighted by Gasteiger charge is 2.17. The van der Waals surface area contributed by atoms with Crippen LogP contribution in [0.3, 0.4) is 0 Å². The second-order valence-corrected chi connectivity index (χ2v) is 8.42. The molecule has 0 aromatic heterocycles. The SMILES string of the molecule is COCCOc1ccc(S(=O)(=O)Nc2ccc(OC(F)F)c(-c3ccc(OC)cc3)c2)cc1. The molecule has 0 unspecified atom stereocenters. The second-order valence-electron chi connectivity index (χ2n) is 6.74. The maximum atomic E-state index is 12.9. The third-order valence-corrected chi connectivity index (χ3v) is 5.94. The Labute approximate surface area is 190 Å². The zero-order valence-corrected chi connectivity index (χ0v) is 18.8. The molecule has 176 valence electrons. The van der Waals surface area contributed by atoms with E-state index in [1.165, 1.54) is 49.6 Å². The topological polar surface area (TPSA) is 83.1 Å². The van der Waals surface area contributed by atoms with Crippen molar-refractivity contribution in [1.82, 2.24) is 0 Å². The smallest absolute Gasteiger partial charge is 0.387 e. The van der Waals surface area contributed by atoms with Gasteiger partial charge in [-0.2, -0.15) is 8.78 Å². The molecule has 0 amide bonds. The molecule has 0 aliphatic carbocycles. The van der Waals surface area contributed by atoms with Crippen LogP contribution in [0.4, 0.5) is 14.5 Å². The second kappa shape index (κ2) is 11.0. The molecule has 10 heteroatoms. The van der Waals surface area contributed by atoms with Crippen molar-refractivity contribution in [3.8, 4) is 28.4 Å². The minimum atomic E-state index is -3.94. The van der Waals surface area contributed by atoms with Crippen molar-refractivity contribution < 1.29 is 36.1 Å². The lowest BCUT2D eigenvalue weighted by atomic mass is 10.0. The van der Waals surface area contributed by atoms with E-state index in [4.69, 9.17) is 14.2 Å². The van der Waals surface area contributed by atoms with Crippen molar-refractivity contribution >= 4 is 15.7 Å². The minimum absolute atomic E-state index is 0.0143. The lowest BCUT2D eigenvalue weighted by Crippen LogP contribution is -2.13. The number of sulfonamides is 1. The highest BCUT2D eigenvalue weighted by atomic mass is 32.2. The summed E-state index contributed by atoms with van der Waals surface area (Å²) in [7, 11) is -0.880. The van der Waals surface area contributed by atoms with Gasteiger partial charge in [-0.15, -0.1) is 0 Å². The van der Waals surface area contributed by atoms with E-state index >= 15 is 0 Å². The predicted molar refractivity (Wildman–Crippen MR) is 120 cm³/mol. The van der Waals surface area contributed by atoms with E-state index in [2.05, 4.69) is 9.46 Å². The third kappa shape index (κ3) is 6.56. The number of ether oxygens (including phenoxy) is 4. The fraction of sp³-hybridized carbons (Fsp3) is 0.217. The average Bonchev–Trinajstić information content (AvgIpc) is 2.80. The lowest BCUT2D eigenvalue weighted by molar-refractivity contribution is -0.0494. The van der Waals surface area contributed by atoms with Crippen LogP contribution in [0, 0.1) is 0 Å². The Hall–Kier alpha value is -3.37. The Morgan fingerprint density at radius 2 is 1.55 bits per heavy atom. The number of anilines is 1. The maximum absolute atomic E-state index is 12.9. The summed E-state index contributed by atoms with van der Waals surface area (Å²) in [5, 5.41) is 0. The van der Waals surface area contributed by atoms with E-state index in [9.17, 15) is 17.2 Å². The van der Waals surface area contributed by atoms with Gasteiger partial charge >= 0.3 is 6.61 Å². The monoisotopic (exact) mass is 479 g/mol. The van der Waals surface area contributed by atoms with E-state index in [-0.39, 0.29) is 16.3 Å². The number of hydrogen-bond acceptors (Lipinski definition) is 6. The molecule has 0 aliphatic rings. The normalized spacial score (nSPS) is 11.3. The quantitative estimate of drug-likeness (QED) is 0.398. The van der Waals surface area contributed by atoms with Crippen LogP contribution >= 0.6 is 0 Å². The zero-order chi connectivity index (χ0) is 23.8. The number of hydrogen-bond donors (Lipinski definition) is 1. The molecule has 0 saturated carbocycles. The van der Waals surface area contributed by atoms with Gasteiger partial charge in [-0.3, -0.25) is 4.72 Å². The summed E-state index contributed by atoms with van der Waals surface area (Å²) in [5.74, 6) is 0.999. The fourth-order valence-corrected chi connectivity index (χ4v) is 4.01. The van der Waals surface area contributed by atoms with Gasteiger partial charge in [0.05, 0.1) is 18.6 Å². The van der Waals surface area contributed by atoms with Crippen LogP contribution in [0.1, 0.15) is 0 Å². The molecular formula is C23H23F2NO6S. The molecule has 0 bridgehead atoms. The molecule has 33 heavy (non-hydrogen) atoms. The summed E-state index contributed by atoms with van der Waals surface area (Å²) in [6, 6.07) is 16.6. The summed E-state index contributed by atoms with van der Waals surface area (Å²) in [6.07, 6.45) is 0. The Balaban J connectivity index is 1.86. The van der Waals surface area contributed by atoms with Gasteiger partial charge in [0, 0.05) is 18.4 Å². The number of rotatable bonds is 11. The van der Waals surface area contributed by atoms with Gasteiger partial charge in [-0.25, -0.2) is 8.42 Å². The van der Waals surface area contributed by atoms with E-state index < -0.39 is 16.6 Å². The molecule has 0 radical (unpaired) electrons. The van der Waals surface area contributed by atoms with Crippen molar-refractivity contribution in [2.75, 3.05) is 32.2 Å². The van der Waals surface area contributed by atoms with Gasteiger partial charge in [0.1, 0.15) is 23.9 Å². The third-order valence-electron chi connectivity index (χ3n) is 4.54. The van der Waals surface area contributed by atoms with Crippen LogP contribution < -0.4 is 18.9 Å². The maximum Gasteiger partial charge on any atom is 0.387 e. The molecule has 7 nitrogen and oxygen atoms in total. The number of nitrogens with one attached hydrogen (secondary N) is 1. The molecule has 0 fully saturated rings. The molecule has 0 heterocycles. The Morgan fingerprint density at radius 1 is 0.879 bits per heavy atom. The van der Waals surface area contributed by atoms with Gasteiger partial charge in [0.15, 0.2) is 0 Å². The Bertz CT molecular complexity index is 1150. The first-order valence-corrected chi connectivity index (χ1v) is 11.3. The largest absolute Gasteiger partial charge is 0.497 e. The number of methoxy groups -OCH3 is 2. The highest BCUT2D eigenvalue weighted by molar-refractivity contribution is 7.92. The highest BCUT2D eigenvalue weighted by Crippen LogP contribution is 2.35. The molecular weight excluding hydrogens is 456 g/mol. The standard InChI is InChI=1S/C23H23F2NO6S/c1-29-13-14-31-19-8-10-20(11-9-19)33(27,28)26-17-5-12-22(32-23(24)25)21(15-17)16-3-6-18(30-2)7-4-16/h3-12,15,23,26H,13-14H2,1-2H3. The van der Waals surface area contributed by atoms with Gasteiger partial charge in [-0.1, -0.05) is 12.1 Å². The summed E-state index contributed by atoms with van der Waals surface area (Å²) >= 11 is 0. The van der Waals surface area contributed by atoms with Gasteiger partial charge in [-0.05, 0) is 60.2 Å². The Kier molecular flexibility index (Phi) is 8.07. The van der Waals surface area contributed by atoms with Crippen LogP contribution in [0.25, 0.3) is 11.1 Å². The molecule has 1 N–H and O–H groups in total. The van der Waals surface area contributed by atoms with Gasteiger partial charge in [0.25, 0.3) is 10.0 Å². The first kappa shape index (κ1) is 24.3. The molecule has 3 rings (SSSR count). The van der Waals surface area contributed by atoms with Crippen LogP contribution in [-0.2, 0) is 14.8 Å². The number of benzene rings is 3.